The van der Waals surface area contributed by atoms with Crippen molar-refractivity contribution in [2.75, 3.05) is 5.32 Å². The van der Waals surface area contributed by atoms with Crippen LogP contribution in [0.15, 0.2) is 53.3 Å². The second kappa shape index (κ2) is 6.86. The Morgan fingerprint density at radius 1 is 1.29 bits per heavy atom. The van der Waals surface area contributed by atoms with Gasteiger partial charge in [-0.15, -0.1) is 0 Å². The SMILES string of the molecule is C[C@H](NC(=O)Nc1cccnc1)c1nc(-c2cccc(F)c2)no1. The average molecular weight is 327 g/mol. The van der Waals surface area contributed by atoms with E-state index in [2.05, 4.69) is 25.8 Å². The molecule has 0 aliphatic rings. The average Bonchev–Trinajstić information content (AvgIpc) is 3.06. The van der Waals surface area contributed by atoms with Gasteiger partial charge in [-0.25, -0.2) is 9.18 Å². The number of urea groups is 1. The standard InChI is InChI=1S/C16H14FN5O2/c1-10(19-16(23)20-13-6-3-7-18-9-13)15-21-14(22-24-15)11-4-2-5-12(17)8-11/h2-10H,1H3,(H2,19,20,23)/t10-/m0/s1. The van der Waals surface area contributed by atoms with Crippen molar-refractivity contribution < 1.29 is 13.7 Å². The molecule has 0 bridgehead atoms. The maximum absolute atomic E-state index is 13.2. The van der Waals surface area contributed by atoms with Crippen LogP contribution in [0.4, 0.5) is 14.9 Å². The minimum Gasteiger partial charge on any atom is -0.337 e. The lowest BCUT2D eigenvalue weighted by Crippen LogP contribution is -2.31. The van der Waals surface area contributed by atoms with Crippen LogP contribution in [-0.4, -0.2) is 21.2 Å². The summed E-state index contributed by atoms with van der Waals surface area (Å²) in [7, 11) is 0. The molecule has 2 N–H and O–H groups in total. The molecule has 0 spiro atoms. The van der Waals surface area contributed by atoms with Crippen LogP contribution < -0.4 is 10.6 Å². The summed E-state index contributed by atoms with van der Waals surface area (Å²) >= 11 is 0. The number of halogens is 1. The molecule has 1 aromatic carbocycles. The molecule has 2 amide bonds. The number of benzene rings is 1. The van der Waals surface area contributed by atoms with Crippen molar-refractivity contribution in [1.82, 2.24) is 20.4 Å². The predicted molar refractivity (Wildman–Crippen MR) is 84.5 cm³/mol. The van der Waals surface area contributed by atoms with Gasteiger partial charge in [-0.05, 0) is 31.2 Å². The number of carbonyl (C=O) groups excluding carboxylic acids is 1. The van der Waals surface area contributed by atoms with E-state index in [-0.39, 0.29) is 17.5 Å². The molecule has 0 saturated carbocycles. The van der Waals surface area contributed by atoms with Crippen molar-refractivity contribution in [2.45, 2.75) is 13.0 Å². The van der Waals surface area contributed by atoms with E-state index < -0.39 is 12.1 Å². The Hall–Kier alpha value is -3.29. The van der Waals surface area contributed by atoms with Crippen molar-refractivity contribution >= 4 is 11.7 Å². The molecule has 0 saturated heterocycles. The van der Waals surface area contributed by atoms with Crippen LogP contribution in [0.5, 0.6) is 0 Å². The molecule has 24 heavy (non-hydrogen) atoms. The highest BCUT2D eigenvalue weighted by Gasteiger charge is 2.17. The number of anilines is 1. The highest BCUT2D eigenvalue weighted by atomic mass is 19.1. The summed E-state index contributed by atoms with van der Waals surface area (Å²) in [6, 6.07) is 8.35. The van der Waals surface area contributed by atoms with Gasteiger partial charge in [-0.2, -0.15) is 4.98 Å². The summed E-state index contributed by atoms with van der Waals surface area (Å²) < 4.78 is 18.4. The highest BCUT2D eigenvalue weighted by molar-refractivity contribution is 5.89. The molecule has 7 nitrogen and oxygen atoms in total. The second-order valence-electron chi connectivity index (χ2n) is 5.03. The lowest BCUT2D eigenvalue weighted by Gasteiger charge is -2.10. The van der Waals surface area contributed by atoms with Gasteiger partial charge >= 0.3 is 6.03 Å². The third-order valence-corrected chi connectivity index (χ3v) is 3.16. The van der Waals surface area contributed by atoms with Crippen LogP contribution in [0.2, 0.25) is 0 Å². The number of pyridine rings is 1. The fourth-order valence-corrected chi connectivity index (χ4v) is 2.02. The van der Waals surface area contributed by atoms with Crippen molar-refractivity contribution in [3.05, 3.63) is 60.5 Å². The van der Waals surface area contributed by atoms with E-state index in [9.17, 15) is 9.18 Å². The minimum absolute atomic E-state index is 0.218. The zero-order chi connectivity index (χ0) is 16.9. The zero-order valence-electron chi connectivity index (χ0n) is 12.7. The van der Waals surface area contributed by atoms with E-state index in [1.807, 2.05) is 0 Å². The molecule has 0 unspecified atom stereocenters. The van der Waals surface area contributed by atoms with Gasteiger partial charge in [-0.1, -0.05) is 17.3 Å². The maximum Gasteiger partial charge on any atom is 0.319 e. The summed E-state index contributed by atoms with van der Waals surface area (Å²) in [6.07, 6.45) is 3.14. The van der Waals surface area contributed by atoms with Crippen LogP contribution in [0.1, 0.15) is 18.9 Å². The van der Waals surface area contributed by atoms with E-state index in [1.54, 1.807) is 37.4 Å². The highest BCUT2D eigenvalue weighted by Crippen LogP contribution is 2.19. The fraction of sp³-hybridized carbons (Fsp3) is 0.125. The van der Waals surface area contributed by atoms with Crippen LogP contribution >= 0.6 is 0 Å². The summed E-state index contributed by atoms with van der Waals surface area (Å²) in [6.45, 7) is 1.70. The van der Waals surface area contributed by atoms with Crippen molar-refractivity contribution in [2.24, 2.45) is 0 Å². The number of hydrogen-bond donors (Lipinski definition) is 2. The van der Waals surface area contributed by atoms with Gasteiger partial charge in [0.2, 0.25) is 11.7 Å². The number of rotatable bonds is 4. The van der Waals surface area contributed by atoms with Gasteiger partial charge in [0, 0.05) is 11.8 Å². The first-order chi connectivity index (χ1) is 11.6. The van der Waals surface area contributed by atoms with E-state index >= 15 is 0 Å². The van der Waals surface area contributed by atoms with E-state index in [4.69, 9.17) is 4.52 Å². The molecule has 0 aliphatic heterocycles. The summed E-state index contributed by atoms with van der Waals surface area (Å²) in [5, 5.41) is 9.11. The Labute approximate surface area is 136 Å². The summed E-state index contributed by atoms with van der Waals surface area (Å²) in [4.78, 5) is 20.0. The second-order valence-corrected chi connectivity index (χ2v) is 5.03. The predicted octanol–water partition coefficient (Wildman–Crippen LogP) is 3.15. The number of nitrogens with zero attached hydrogens (tertiary/aromatic N) is 3. The molecule has 1 atom stereocenters. The van der Waals surface area contributed by atoms with Crippen LogP contribution in [0.3, 0.4) is 0 Å². The Morgan fingerprint density at radius 2 is 2.17 bits per heavy atom. The van der Waals surface area contributed by atoms with Gasteiger partial charge in [0.15, 0.2) is 0 Å². The lowest BCUT2D eigenvalue weighted by atomic mass is 10.2. The molecular formula is C16H14FN5O2. The first kappa shape index (κ1) is 15.6. The number of hydrogen-bond acceptors (Lipinski definition) is 5. The molecule has 122 valence electrons. The van der Waals surface area contributed by atoms with Crippen LogP contribution in [0, 0.1) is 5.82 Å². The van der Waals surface area contributed by atoms with Gasteiger partial charge in [0.25, 0.3) is 0 Å². The maximum atomic E-state index is 13.2. The Balaban J connectivity index is 1.65. The molecule has 0 radical (unpaired) electrons. The van der Waals surface area contributed by atoms with Gasteiger partial charge in [-0.3, -0.25) is 4.98 Å². The topological polar surface area (TPSA) is 92.9 Å². The zero-order valence-corrected chi connectivity index (χ0v) is 12.7. The molecule has 3 rings (SSSR count). The summed E-state index contributed by atoms with van der Waals surface area (Å²) in [5.41, 5.74) is 1.06. The molecular weight excluding hydrogens is 313 g/mol. The van der Waals surface area contributed by atoms with E-state index in [0.717, 1.165) is 0 Å². The Morgan fingerprint density at radius 3 is 2.92 bits per heavy atom. The van der Waals surface area contributed by atoms with Crippen molar-refractivity contribution in [3.63, 3.8) is 0 Å². The van der Waals surface area contributed by atoms with Crippen molar-refractivity contribution in [3.8, 4) is 11.4 Å². The van der Waals surface area contributed by atoms with Crippen LogP contribution in [-0.2, 0) is 0 Å². The molecule has 0 aliphatic carbocycles. The molecule has 2 aromatic heterocycles. The Bertz CT molecular complexity index is 837. The van der Waals surface area contributed by atoms with Gasteiger partial charge < -0.3 is 15.2 Å². The Kier molecular flexibility index (Phi) is 4.46. The smallest absolute Gasteiger partial charge is 0.319 e. The monoisotopic (exact) mass is 327 g/mol. The number of carbonyl (C=O) groups is 1. The number of aromatic nitrogens is 3. The first-order valence-corrected chi connectivity index (χ1v) is 7.19. The molecule has 3 aromatic rings. The summed E-state index contributed by atoms with van der Waals surface area (Å²) in [5.74, 6) is 0.0855. The first-order valence-electron chi connectivity index (χ1n) is 7.19. The van der Waals surface area contributed by atoms with Gasteiger partial charge in [0.05, 0.1) is 11.9 Å². The normalized spacial score (nSPS) is 11.8. The minimum atomic E-state index is -0.517. The third-order valence-electron chi connectivity index (χ3n) is 3.16. The molecule has 0 fully saturated rings. The van der Waals surface area contributed by atoms with E-state index in [0.29, 0.717) is 11.3 Å². The number of nitrogens with one attached hydrogen (secondary N) is 2. The molecule has 8 heteroatoms. The van der Waals surface area contributed by atoms with E-state index in [1.165, 1.54) is 18.3 Å². The fourth-order valence-electron chi connectivity index (χ4n) is 2.02. The quantitative estimate of drug-likeness (QED) is 0.768. The van der Waals surface area contributed by atoms with Crippen LogP contribution in [0.25, 0.3) is 11.4 Å². The van der Waals surface area contributed by atoms with Gasteiger partial charge in [0.1, 0.15) is 11.9 Å². The lowest BCUT2D eigenvalue weighted by molar-refractivity contribution is 0.245. The third kappa shape index (κ3) is 3.72. The van der Waals surface area contributed by atoms with Crippen molar-refractivity contribution in [1.29, 1.82) is 0 Å². The largest absolute Gasteiger partial charge is 0.337 e. The number of amides is 2. The molecule has 2 heterocycles.